The molecule has 1 aromatic carbocycles. The van der Waals surface area contributed by atoms with E-state index < -0.39 is 5.67 Å². The minimum Gasteiger partial charge on any atom is -0.494 e. The van der Waals surface area contributed by atoms with Gasteiger partial charge in [-0.1, -0.05) is 12.1 Å². The standard InChI is InChI=1S/C12H18FNO/c1-12(2,13)10-4-6-11(7-5-10)15-9-3-8-14/h4-7H,3,8-9,14H2,1-2H3. The summed E-state index contributed by atoms with van der Waals surface area (Å²) >= 11 is 0. The number of benzene rings is 1. The van der Waals surface area contributed by atoms with Crippen molar-refractivity contribution in [3.8, 4) is 5.75 Å². The maximum absolute atomic E-state index is 13.5. The molecule has 0 spiro atoms. The van der Waals surface area contributed by atoms with Crippen LogP contribution in [-0.4, -0.2) is 13.2 Å². The number of ether oxygens (including phenoxy) is 1. The largest absolute Gasteiger partial charge is 0.494 e. The number of hydrogen-bond donors (Lipinski definition) is 1. The fraction of sp³-hybridized carbons (Fsp3) is 0.500. The molecule has 1 aromatic rings. The summed E-state index contributed by atoms with van der Waals surface area (Å²) in [5, 5.41) is 0. The zero-order valence-electron chi connectivity index (χ0n) is 9.29. The van der Waals surface area contributed by atoms with Gasteiger partial charge >= 0.3 is 0 Å². The Morgan fingerprint density at radius 3 is 2.33 bits per heavy atom. The lowest BCUT2D eigenvalue weighted by Gasteiger charge is -2.15. The van der Waals surface area contributed by atoms with E-state index in [0.29, 0.717) is 18.7 Å². The van der Waals surface area contributed by atoms with Crippen LogP contribution in [-0.2, 0) is 5.67 Å². The highest BCUT2D eigenvalue weighted by molar-refractivity contribution is 5.30. The Balaban J connectivity index is 2.57. The molecule has 2 N–H and O–H groups in total. The van der Waals surface area contributed by atoms with Gasteiger partial charge in [0.2, 0.25) is 0 Å². The zero-order valence-corrected chi connectivity index (χ0v) is 9.29. The van der Waals surface area contributed by atoms with Gasteiger partial charge < -0.3 is 10.5 Å². The minimum absolute atomic E-state index is 0.606. The number of hydrogen-bond acceptors (Lipinski definition) is 2. The summed E-state index contributed by atoms with van der Waals surface area (Å²) in [4.78, 5) is 0. The summed E-state index contributed by atoms with van der Waals surface area (Å²) in [6.07, 6.45) is 0.830. The van der Waals surface area contributed by atoms with E-state index in [2.05, 4.69) is 0 Å². The van der Waals surface area contributed by atoms with Crippen molar-refractivity contribution in [2.24, 2.45) is 5.73 Å². The van der Waals surface area contributed by atoms with E-state index in [4.69, 9.17) is 10.5 Å². The molecule has 0 heterocycles. The van der Waals surface area contributed by atoms with Gasteiger partial charge in [-0.15, -0.1) is 0 Å². The molecule has 0 saturated carbocycles. The predicted molar refractivity (Wildman–Crippen MR) is 59.7 cm³/mol. The maximum Gasteiger partial charge on any atom is 0.130 e. The monoisotopic (exact) mass is 211 g/mol. The molecular weight excluding hydrogens is 193 g/mol. The third-order valence-electron chi connectivity index (χ3n) is 2.16. The molecule has 15 heavy (non-hydrogen) atoms. The molecule has 0 atom stereocenters. The molecule has 0 amide bonds. The Bertz CT molecular complexity index is 289. The number of alkyl halides is 1. The first-order valence-electron chi connectivity index (χ1n) is 5.16. The average Bonchev–Trinajstić information content (AvgIpc) is 2.18. The van der Waals surface area contributed by atoms with Crippen molar-refractivity contribution in [2.45, 2.75) is 25.9 Å². The highest BCUT2D eigenvalue weighted by Gasteiger charge is 2.17. The van der Waals surface area contributed by atoms with Gasteiger partial charge in [-0.25, -0.2) is 4.39 Å². The lowest BCUT2D eigenvalue weighted by Crippen LogP contribution is -2.09. The molecular formula is C12H18FNO. The van der Waals surface area contributed by atoms with Gasteiger partial charge in [-0.05, 0) is 44.5 Å². The third kappa shape index (κ3) is 3.88. The summed E-state index contributed by atoms with van der Waals surface area (Å²) < 4.78 is 18.9. The number of rotatable bonds is 5. The first kappa shape index (κ1) is 12.0. The second kappa shape index (κ2) is 5.12. The van der Waals surface area contributed by atoms with E-state index >= 15 is 0 Å². The molecule has 0 unspecified atom stereocenters. The highest BCUT2D eigenvalue weighted by Crippen LogP contribution is 2.26. The topological polar surface area (TPSA) is 35.2 Å². The second-order valence-corrected chi connectivity index (χ2v) is 3.99. The van der Waals surface area contributed by atoms with E-state index in [9.17, 15) is 4.39 Å². The fourth-order valence-electron chi connectivity index (χ4n) is 1.22. The normalized spacial score (nSPS) is 11.5. The Morgan fingerprint density at radius 1 is 1.27 bits per heavy atom. The van der Waals surface area contributed by atoms with Crippen LogP contribution in [0.1, 0.15) is 25.8 Å². The molecule has 3 heteroatoms. The Labute approximate surface area is 90.2 Å². The van der Waals surface area contributed by atoms with Crippen molar-refractivity contribution in [2.75, 3.05) is 13.2 Å². The van der Waals surface area contributed by atoms with E-state index in [1.54, 1.807) is 24.3 Å². The summed E-state index contributed by atoms with van der Waals surface area (Å²) in [5.74, 6) is 0.761. The van der Waals surface area contributed by atoms with Crippen LogP contribution in [0.2, 0.25) is 0 Å². The summed E-state index contributed by atoms with van der Waals surface area (Å²) in [6.45, 7) is 4.30. The van der Waals surface area contributed by atoms with Crippen molar-refractivity contribution in [3.63, 3.8) is 0 Å². The van der Waals surface area contributed by atoms with Gasteiger partial charge in [0.05, 0.1) is 6.61 Å². The van der Waals surface area contributed by atoms with Crippen LogP contribution in [0.15, 0.2) is 24.3 Å². The molecule has 0 aliphatic carbocycles. The Hall–Kier alpha value is -1.09. The van der Waals surface area contributed by atoms with Crippen LogP contribution in [0.25, 0.3) is 0 Å². The molecule has 0 aliphatic rings. The quantitative estimate of drug-likeness (QED) is 0.760. The number of halogens is 1. The van der Waals surface area contributed by atoms with Crippen molar-refractivity contribution < 1.29 is 9.13 Å². The molecule has 0 aliphatic heterocycles. The van der Waals surface area contributed by atoms with E-state index in [1.165, 1.54) is 13.8 Å². The third-order valence-corrected chi connectivity index (χ3v) is 2.16. The van der Waals surface area contributed by atoms with Crippen molar-refractivity contribution in [3.05, 3.63) is 29.8 Å². The van der Waals surface area contributed by atoms with Crippen molar-refractivity contribution in [1.29, 1.82) is 0 Å². The molecule has 0 saturated heterocycles. The lowest BCUT2D eigenvalue weighted by molar-refractivity contribution is 0.221. The van der Waals surface area contributed by atoms with E-state index in [-0.39, 0.29) is 0 Å². The van der Waals surface area contributed by atoms with Crippen LogP contribution in [0, 0.1) is 0 Å². The van der Waals surface area contributed by atoms with Gasteiger partial charge in [-0.3, -0.25) is 0 Å². The van der Waals surface area contributed by atoms with Crippen LogP contribution in [0.4, 0.5) is 4.39 Å². The summed E-state index contributed by atoms with van der Waals surface area (Å²) in [6, 6.07) is 7.07. The van der Waals surface area contributed by atoms with Crippen LogP contribution in [0.5, 0.6) is 5.75 Å². The molecule has 0 radical (unpaired) electrons. The highest BCUT2D eigenvalue weighted by atomic mass is 19.1. The van der Waals surface area contributed by atoms with Crippen LogP contribution in [0.3, 0.4) is 0 Å². The first-order chi connectivity index (χ1) is 7.04. The van der Waals surface area contributed by atoms with Gasteiger partial charge in [0, 0.05) is 0 Å². The van der Waals surface area contributed by atoms with E-state index in [0.717, 1.165) is 12.2 Å². The zero-order chi connectivity index (χ0) is 11.3. The summed E-state index contributed by atoms with van der Waals surface area (Å²) in [7, 11) is 0. The average molecular weight is 211 g/mol. The molecule has 2 nitrogen and oxygen atoms in total. The number of nitrogens with two attached hydrogens (primary N) is 1. The van der Waals surface area contributed by atoms with Crippen molar-refractivity contribution >= 4 is 0 Å². The first-order valence-corrected chi connectivity index (χ1v) is 5.16. The molecule has 0 aromatic heterocycles. The van der Waals surface area contributed by atoms with Gasteiger partial charge in [0.1, 0.15) is 11.4 Å². The SMILES string of the molecule is CC(C)(F)c1ccc(OCCCN)cc1. The molecule has 0 bridgehead atoms. The van der Waals surface area contributed by atoms with Crippen molar-refractivity contribution in [1.82, 2.24) is 0 Å². The van der Waals surface area contributed by atoms with Gasteiger partial charge in [0.15, 0.2) is 0 Å². The van der Waals surface area contributed by atoms with E-state index in [1.807, 2.05) is 0 Å². The molecule has 84 valence electrons. The van der Waals surface area contributed by atoms with Crippen LogP contribution >= 0.6 is 0 Å². The minimum atomic E-state index is -1.30. The molecule has 1 rings (SSSR count). The Kier molecular flexibility index (Phi) is 4.09. The van der Waals surface area contributed by atoms with Crippen LogP contribution < -0.4 is 10.5 Å². The lowest BCUT2D eigenvalue weighted by atomic mass is 10.0. The fourth-order valence-corrected chi connectivity index (χ4v) is 1.22. The van der Waals surface area contributed by atoms with Gasteiger partial charge in [0.25, 0.3) is 0 Å². The second-order valence-electron chi connectivity index (χ2n) is 3.99. The maximum atomic E-state index is 13.5. The predicted octanol–water partition coefficient (Wildman–Crippen LogP) is 2.62. The molecule has 0 fully saturated rings. The smallest absolute Gasteiger partial charge is 0.130 e. The Morgan fingerprint density at radius 2 is 1.87 bits per heavy atom. The summed E-state index contributed by atoms with van der Waals surface area (Å²) in [5.41, 5.74) is 4.71. The van der Waals surface area contributed by atoms with Gasteiger partial charge in [-0.2, -0.15) is 0 Å².